The Morgan fingerprint density at radius 1 is 1.17 bits per heavy atom. The quantitative estimate of drug-likeness (QED) is 0.738. The summed E-state index contributed by atoms with van der Waals surface area (Å²) in [5.74, 6) is 0. The van der Waals surface area contributed by atoms with Crippen molar-refractivity contribution >= 4 is 11.6 Å². The van der Waals surface area contributed by atoms with Gasteiger partial charge in [0.2, 0.25) is 0 Å². The van der Waals surface area contributed by atoms with E-state index in [1.54, 1.807) is 0 Å². The molecule has 2 heterocycles. The SMILES string of the molecule is Clc1ccc2c(c1)[C@@H](c1cn(Cc3ccccc3)nn1)OCC2. The van der Waals surface area contributed by atoms with Gasteiger partial charge in [0.25, 0.3) is 0 Å². The Bertz CT molecular complexity index is 816. The fourth-order valence-electron chi connectivity index (χ4n) is 2.94. The monoisotopic (exact) mass is 325 g/mol. The molecule has 1 aliphatic heterocycles. The second-order valence-electron chi connectivity index (χ2n) is 5.67. The number of fused-ring (bicyclic) bond motifs is 1. The third-order valence-electron chi connectivity index (χ3n) is 4.06. The van der Waals surface area contributed by atoms with E-state index < -0.39 is 0 Å². The Kier molecular flexibility index (Phi) is 3.85. The lowest BCUT2D eigenvalue weighted by Crippen LogP contribution is -2.17. The number of rotatable bonds is 3. The molecule has 0 N–H and O–H groups in total. The molecule has 0 bridgehead atoms. The molecule has 116 valence electrons. The number of hydrogen-bond donors (Lipinski definition) is 0. The highest BCUT2D eigenvalue weighted by Gasteiger charge is 2.25. The molecule has 0 fully saturated rings. The number of nitrogens with zero attached hydrogens (tertiary/aromatic N) is 3. The zero-order chi connectivity index (χ0) is 15.6. The van der Waals surface area contributed by atoms with Gasteiger partial charge in [-0.15, -0.1) is 5.10 Å². The maximum Gasteiger partial charge on any atom is 0.128 e. The van der Waals surface area contributed by atoms with Crippen molar-refractivity contribution in [2.75, 3.05) is 6.61 Å². The third-order valence-corrected chi connectivity index (χ3v) is 4.29. The maximum atomic E-state index is 6.15. The van der Waals surface area contributed by atoms with Crippen LogP contribution >= 0.6 is 11.6 Å². The van der Waals surface area contributed by atoms with Crippen LogP contribution in [-0.4, -0.2) is 21.6 Å². The van der Waals surface area contributed by atoms with Crippen LogP contribution in [0, 0.1) is 0 Å². The lowest BCUT2D eigenvalue weighted by atomic mass is 9.96. The van der Waals surface area contributed by atoms with Crippen molar-refractivity contribution in [3.63, 3.8) is 0 Å². The highest BCUT2D eigenvalue weighted by atomic mass is 35.5. The molecule has 5 heteroatoms. The van der Waals surface area contributed by atoms with E-state index in [1.165, 1.54) is 11.1 Å². The number of halogens is 1. The average molecular weight is 326 g/mol. The van der Waals surface area contributed by atoms with E-state index in [9.17, 15) is 0 Å². The van der Waals surface area contributed by atoms with Crippen molar-refractivity contribution in [2.45, 2.75) is 19.1 Å². The first-order valence-corrected chi connectivity index (χ1v) is 8.01. The second-order valence-corrected chi connectivity index (χ2v) is 6.11. The minimum absolute atomic E-state index is 0.193. The van der Waals surface area contributed by atoms with Gasteiger partial charge in [0, 0.05) is 5.02 Å². The van der Waals surface area contributed by atoms with Crippen LogP contribution in [0.5, 0.6) is 0 Å². The molecule has 0 aliphatic carbocycles. The smallest absolute Gasteiger partial charge is 0.128 e. The number of hydrogen-bond acceptors (Lipinski definition) is 3. The van der Waals surface area contributed by atoms with Gasteiger partial charge < -0.3 is 4.74 Å². The molecule has 23 heavy (non-hydrogen) atoms. The predicted octanol–water partition coefficient (Wildman–Crippen LogP) is 3.64. The normalized spacial score (nSPS) is 17.0. The second kappa shape index (κ2) is 6.14. The van der Waals surface area contributed by atoms with E-state index in [4.69, 9.17) is 16.3 Å². The summed E-state index contributed by atoms with van der Waals surface area (Å²) in [6.07, 6.45) is 2.66. The molecule has 3 aromatic rings. The molecule has 0 unspecified atom stereocenters. The molecule has 1 atom stereocenters. The minimum atomic E-state index is -0.193. The van der Waals surface area contributed by atoms with Crippen LogP contribution in [0.15, 0.2) is 54.7 Å². The Hall–Kier alpha value is -2.17. The zero-order valence-corrected chi connectivity index (χ0v) is 13.3. The molecular formula is C18H16ClN3O. The van der Waals surface area contributed by atoms with Crippen LogP contribution in [0.25, 0.3) is 0 Å². The minimum Gasteiger partial charge on any atom is -0.367 e. The fourth-order valence-corrected chi connectivity index (χ4v) is 3.12. The van der Waals surface area contributed by atoms with Gasteiger partial charge in [0.1, 0.15) is 11.8 Å². The van der Waals surface area contributed by atoms with Crippen LogP contribution in [0.2, 0.25) is 5.02 Å². The third kappa shape index (κ3) is 3.00. The van der Waals surface area contributed by atoms with Gasteiger partial charge >= 0.3 is 0 Å². The summed E-state index contributed by atoms with van der Waals surface area (Å²) in [4.78, 5) is 0. The van der Waals surface area contributed by atoms with Crippen LogP contribution < -0.4 is 0 Å². The van der Waals surface area contributed by atoms with Gasteiger partial charge in [-0.2, -0.15) is 0 Å². The standard InChI is InChI=1S/C18H16ClN3O/c19-15-7-6-14-8-9-23-18(16(14)10-15)17-12-22(21-20-17)11-13-4-2-1-3-5-13/h1-7,10,12,18H,8-9,11H2/t18-/m0/s1. The fraction of sp³-hybridized carbons (Fsp3) is 0.222. The number of aromatic nitrogens is 3. The molecule has 0 spiro atoms. The molecule has 1 aromatic heterocycles. The zero-order valence-electron chi connectivity index (χ0n) is 12.5. The van der Waals surface area contributed by atoms with Crippen molar-refractivity contribution in [3.05, 3.63) is 82.1 Å². The summed E-state index contributed by atoms with van der Waals surface area (Å²) in [7, 11) is 0. The van der Waals surface area contributed by atoms with Gasteiger partial charge in [0.15, 0.2) is 0 Å². The molecular weight excluding hydrogens is 310 g/mol. The molecule has 1 aliphatic rings. The Morgan fingerprint density at radius 3 is 2.91 bits per heavy atom. The van der Waals surface area contributed by atoms with E-state index in [1.807, 2.05) is 41.2 Å². The summed E-state index contributed by atoms with van der Waals surface area (Å²) in [6.45, 7) is 1.38. The lowest BCUT2D eigenvalue weighted by molar-refractivity contribution is 0.0670. The van der Waals surface area contributed by atoms with E-state index in [0.29, 0.717) is 13.2 Å². The van der Waals surface area contributed by atoms with Gasteiger partial charge in [-0.05, 0) is 35.2 Å². The molecule has 0 saturated carbocycles. The summed E-state index contributed by atoms with van der Waals surface area (Å²) in [5, 5.41) is 9.26. The summed E-state index contributed by atoms with van der Waals surface area (Å²) < 4.78 is 7.77. The first kappa shape index (κ1) is 14.4. The van der Waals surface area contributed by atoms with Crippen LogP contribution in [-0.2, 0) is 17.7 Å². The first-order chi connectivity index (χ1) is 11.3. The van der Waals surface area contributed by atoms with E-state index >= 15 is 0 Å². The van der Waals surface area contributed by atoms with E-state index in [-0.39, 0.29) is 6.10 Å². The average Bonchev–Trinajstić information content (AvgIpc) is 3.03. The molecule has 0 saturated heterocycles. The first-order valence-electron chi connectivity index (χ1n) is 7.63. The summed E-state index contributed by atoms with van der Waals surface area (Å²) in [5.41, 5.74) is 4.37. The highest BCUT2D eigenvalue weighted by Crippen LogP contribution is 2.33. The number of ether oxygens (including phenoxy) is 1. The largest absolute Gasteiger partial charge is 0.367 e. The lowest BCUT2D eigenvalue weighted by Gasteiger charge is -2.24. The summed E-state index contributed by atoms with van der Waals surface area (Å²) in [6, 6.07) is 16.2. The maximum absolute atomic E-state index is 6.15. The van der Waals surface area contributed by atoms with Gasteiger partial charge in [-0.25, -0.2) is 4.68 Å². The van der Waals surface area contributed by atoms with Crippen LogP contribution in [0.3, 0.4) is 0 Å². The Balaban J connectivity index is 1.62. The van der Waals surface area contributed by atoms with Gasteiger partial charge in [0.05, 0.1) is 19.3 Å². The summed E-state index contributed by atoms with van der Waals surface area (Å²) >= 11 is 6.15. The molecule has 4 rings (SSSR count). The van der Waals surface area contributed by atoms with E-state index in [0.717, 1.165) is 22.7 Å². The highest BCUT2D eigenvalue weighted by molar-refractivity contribution is 6.30. The van der Waals surface area contributed by atoms with Crippen molar-refractivity contribution in [3.8, 4) is 0 Å². The topological polar surface area (TPSA) is 39.9 Å². The van der Waals surface area contributed by atoms with Crippen molar-refractivity contribution in [2.24, 2.45) is 0 Å². The molecule has 2 aromatic carbocycles. The molecule has 0 amide bonds. The van der Waals surface area contributed by atoms with Gasteiger partial charge in [-0.1, -0.05) is 53.2 Å². The Labute approximate surface area is 139 Å². The van der Waals surface area contributed by atoms with Crippen molar-refractivity contribution in [1.29, 1.82) is 0 Å². The van der Waals surface area contributed by atoms with Crippen LogP contribution in [0.4, 0.5) is 0 Å². The van der Waals surface area contributed by atoms with Gasteiger partial charge in [-0.3, -0.25) is 0 Å². The molecule has 4 nitrogen and oxygen atoms in total. The van der Waals surface area contributed by atoms with Crippen LogP contribution in [0.1, 0.15) is 28.5 Å². The molecule has 0 radical (unpaired) electrons. The Morgan fingerprint density at radius 2 is 2.04 bits per heavy atom. The van der Waals surface area contributed by atoms with Crippen molar-refractivity contribution in [1.82, 2.24) is 15.0 Å². The van der Waals surface area contributed by atoms with Crippen molar-refractivity contribution < 1.29 is 4.74 Å². The predicted molar refractivity (Wildman–Crippen MR) is 88.5 cm³/mol. The van der Waals surface area contributed by atoms with E-state index in [2.05, 4.69) is 28.5 Å². The number of benzene rings is 2.